The topological polar surface area (TPSA) is 244 Å². The number of carbonyl (C=O) groups excluding carboxylic acids is 3. The van der Waals surface area contributed by atoms with Crippen molar-refractivity contribution in [3.63, 3.8) is 0 Å². The number of halogens is 2. The molecule has 25 heteroatoms. The van der Waals surface area contributed by atoms with E-state index < -0.39 is 80.4 Å². The van der Waals surface area contributed by atoms with Crippen molar-refractivity contribution in [1.29, 1.82) is 0 Å². The first-order chi connectivity index (χ1) is 33.4. The third-order valence-corrected chi connectivity index (χ3v) is 12.4. The fraction of sp³-hybridized carbons (Fsp3) is 0.444. The predicted octanol–water partition coefficient (Wildman–Crippen LogP) is 4.19. The number of carbonyl (C=O) groups is 3. The molecule has 22 nitrogen and oxygen atoms in total. The summed E-state index contributed by atoms with van der Waals surface area (Å²) < 4.78 is 75.8. The minimum atomic E-state index is -4.89. The summed E-state index contributed by atoms with van der Waals surface area (Å²) in [6.45, 7) is 6.88. The molecule has 1 amide bonds. The van der Waals surface area contributed by atoms with Gasteiger partial charge in [0.2, 0.25) is 12.2 Å². The fourth-order valence-corrected chi connectivity index (χ4v) is 8.68. The molecule has 2 fully saturated rings. The van der Waals surface area contributed by atoms with E-state index in [9.17, 15) is 28.1 Å². The summed E-state index contributed by atoms with van der Waals surface area (Å²) in [7, 11) is -3.72. The van der Waals surface area contributed by atoms with Gasteiger partial charge in [-0.2, -0.15) is 10.2 Å². The van der Waals surface area contributed by atoms with Crippen molar-refractivity contribution in [3.05, 3.63) is 113 Å². The summed E-state index contributed by atoms with van der Waals surface area (Å²) in [5.41, 5.74) is 1.35. The number of aromatic nitrogens is 6. The van der Waals surface area contributed by atoms with Crippen LogP contribution in [-0.2, 0) is 49.8 Å². The van der Waals surface area contributed by atoms with Crippen molar-refractivity contribution in [2.45, 2.75) is 64.2 Å². The van der Waals surface area contributed by atoms with Crippen molar-refractivity contribution in [1.82, 2.24) is 34.0 Å². The summed E-state index contributed by atoms with van der Waals surface area (Å²) in [5.74, 6) is -2.61. The van der Waals surface area contributed by atoms with Crippen LogP contribution < -0.4 is 20.2 Å². The minimum absolute atomic E-state index is 0.0590. The first kappa shape index (κ1) is 51.1. The summed E-state index contributed by atoms with van der Waals surface area (Å²) >= 11 is 0. The Bertz CT molecular complexity index is 2680. The summed E-state index contributed by atoms with van der Waals surface area (Å²) in [5, 5.41) is 8.48. The molecule has 3 aromatic carbocycles. The van der Waals surface area contributed by atoms with Crippen molar-refractivity contribution in [2.75, 3.05) is 69.4 Å². The number of benzene rings is 3. The second-order valence-electron chi connectivity index (χ2n) is 16.9. The zero-order valence-corrected chi connectivity index (χ0v) is 39.7. The van der Waals surface area contributed by atoms with Crippen LogP contribution in [0.15, 0.2) is 90.5 Å². The Kier molecular flexibility index (Phi) is 16.3. The molecule has 7 rings (SSSR count). The minimum Gasteiger partial charge on any atom is -0.493 e. The zero-order valence-electron chi connectivity index (χ0n) is 38.8. The Morgan fingerprint density at radius 3 is 2.19 bits per heavy atom. The van der Waals surface area contributed by atoms with Crippen molar-refractivity contribution in [3.8, 4) is 11.4 Å². The quantitative estimate of drug-likeness (QED) is 0.0631. The van der Waals surface area contributed by atoms with Crippen LogP contribution in [0, 0.1) is 17.6 Å². The summed E-state index contributed by atoms with van der Waals surface area (Å²) in [6, 6.07) is 18.2. The SMILES string of the molecule is CC[C@@H]([C@H](C)OC(=O)OC(C)OC(=O)CN(C)C(=O)COP(=O)(O)O)n1ncn(-c2ccc(N3CCN(c4ccc(OC[C@@H]5CO[C@@](Cn6cncn6)(c6ccc(F)cc6F)C5)cc4)CC3)cc2)c1=O. The molecule has 0 aliphatic carbocycles. The monoisotopic (exact) mass is 997 g/mol. The van der Waals surface area contributed by atoms with E-state index in [4.69, 9.17) is 33.5 Å². The molecule has 70 heavy (non-hydrogen) atoms. The molecule has 5 aromatic rings. The van der Waals surface area contributed by atoms with E-state index in [-0.39, 0.29) is 18.0 Å². The Balaban J connectivity index is 0.858. The molecular weight excluding hydrogens is 944 g/mol. The average molecular weight is 998 g/mol. The number of hydrogen-bond donors (Lipinski definition) is 2. The van der Waals surface area contributed by atoms with Gasteiger partial charge in [0.25, 0.3) is 0 Å². The maximum atomic E-state index is 15.1. The number of rotatable bonds is 20. The second-order valence-corrected chi connectivity index (χ2v) is 18.1. The molecule has 2 N–H and O–H groups in total. The summed E-state index contributed by atoms with van der Waals surface area (Å²) in [4.78, 5) is 77.2. The Morgan fingerprint density at radius 2 is 1.57 bits per heavy atom. The van der Waals surface area contributed by atoms with E-state index in [0.717, 1.165) is 48.5 Å². The van der Waals surface area contributed by atoms with E-state index in [0.29, 0.717) is 37.5 Å². The molecule has 4 heterocycles. The normalized spacial score (nSPS) is 18.5. The molecule has 2 aliphatic rings. The van der Waals surface area contributed by atoms with Gasteiger partial charge in [-0.3, -0.25) is 14.1 Å². The molecule has 2 aliphatic heterocycles. The van der Waals surface area contributed by atoms with Crippen LogP contribution in [-0.4, -0.2) is 134 Å². The number of esters is 1. The van der Waals surface area contributed by atoms with Crippen molar-refractivity contribution >= 4 is 37.2 Å². The number of anilines is 2. The lowest BCUT2D eigenvalue weighted by Crippen LogP contribution is -2.46. The van der Waals surface area contributed by atoms with Gasteiger partial charge in [-0.15, -0.1) is 0 Å². The van der Waals surface area contributed by atoms with E-state index in [2.05, 4.69) is 29.5 Å². The van der Waals surface area contributed by atoms with Crippen LogP contribution in [0.2, 0.25) is 0 Å². The number of ether oxygens (including phenoxy) is 5. The van der Waals surface area contributed by atoms with Gasteiger partial charge in [-0.05, 0) is 74.4 Å². The van der Waals surface area contributed by atoms with Crippen LogP contribution in [0.1, 0.15) is 45.2 Å². The van der Waals surface area contributed by atoms with E-state index in [1.807, 2.05) is 48.5 Å². The van der Waals surface area contributed by atoms with Crippen LogP contribution in [0.3, 0.4) is 0 Å². The van der Waals surface area contributed by atoms with Crippen molar-refractivity contribution < 1.29 is 65.7 Å². The molecule has 2 saturated heterocycles. The highest BCUT2D eigenvalue weighted by Gasteiger charge is 2.45. The highest BCUT2D eigenvalue weighted by atomic mass is 31.2. The predicted molar refractivity (Wildman–Crippen MR) is 244 cm³/mol. The number of phosphoric acid groups is 1. The maximum absolute atomic E-state index is 15.1. The van der Waals surface area contributed by atoms with Gasteiger partial charge in [0.15, 0.2) is 0 Å². The zero-order chi connectivity index (χ0) is 50.2. The lowest BCUT2D eigenvalue weighted by molar-refractivity contribution is -0.171. The number of nitrogens with zero attached hydrogens (tertiary/aromatic N) is 9. The number of phosphoric ester groups is 1. The van der Waals surface area contributed by atoms with Gasteiger partial charge >= 0.3 is 25.6 Å². The molecule has 0 radical (unpaired) electrons. The van der Waals surface area contributed by atoms with Gasteiger partial charge < -0.3 is 48.2 Å². The van der Waals surface area contributed by atoms with Gasteiger partial charge in [0, 0.05) is 69.1 Å². The Labute approximate surface area is 400 Å². The highest BCUT2D eigenvalue weighted by Crippen LogP contribution is 2.42. The van der Waals surface area contributed by atoms with Gasteiger partial charge in [0.05, 0.1) is 31.5 Å². The van der Waals surface area contributed by atoms with Gasteiger partial charge in [0.1, 0.15) is 61.2 Å². The molecule has 5 atom stereocenters. The number of amides is 1. The average Bonchev–Trinajstić information content (AvgIpc) is 4.09. The van der Waals surface area contributed by atoms with Gasteiger partial charge in [-0.1, -0.05) is 13.0 Å². The number of likely N-dealkylation sites (N-methyl/N-ethyl adjacent to an activating group) is 1. The Hall–Kier alpha value is -6.72. The van der Waals surface area contributed by atoms with Crippen LogP contribution >= 0.6 is 7.82 Å². The van der Waals surface area contributed by atoms with E-state index in [1.165, 1.54) is 54.3 Å². The van der Waals surface area contributed by atoms with Gasteiger partial charge in [-0.25, -0.2) is 41.8 Å². The number of piperazine rings is 1. The smallest absolute Gasteiger partial charge is 0.493 e. The molecule has 376 valence electrons. The van der Waals surface area contributed by atoms with Crippen LogP contribution in [0.25, 0.3) is 5.69 Å². The largest absolute Gasteiger partial charge is 0.511 e. The van der Waals surface area contributed by atoms with E-state index in [1.54, 1.807) is 18.5 Å². The third-order valence-electron chi connectivity index (χ3n) is 11.9. The van der Waals surface area contributed by atoms with E-state index >= 15 is 4.39 Å². The number of hydrogen-bond acceptors (Lipinski definition) is 16. The third kappa shape index (κ3) is 12.9. The molecule has 0 bridgehead atoms. The fourth-order valence-electron chi connectivity index (χ4n) is 8.40. The lowest BCUT2D eigenvalue weighted by Gasteiger charge is -2.37. The molecule has 1 unspecified atom stereocenters. The highest BCUT2D eigenvalue weighted by molar-refractivity contribution is 7.46. The van der Waals surface area contributed by atoms with Crippen LogP contribution in [0.4, 0.5) is 25.0 Å². The lowest BCUT2D eigenvalue weighted by atomic mass is 9.87. The molecular formula is C45H54F2N9O13P. The molecule has 2 aromatic heterocycles. The van der Waals surface area contributed by atoms with Crippen molar-refractivity contribution in [2.24, 2.45) is 5.92 Å². The first-order valence-electron chi connectivity index (χ1n) is 22.3. The summed E-state index contributed by atoms with van der Waals surface area (Å²) in [6.07, 6.45) is 1.56. The molecule has 0 saturated carbocycles. The van der Waals surface area contributed by atoms with Crippen LogP contribution in [0.5, 0.6) is 5.75 Å². The Morgan fingerprint density at radius 1 is 0.914 bits per heavy atom. The maximum Gasteiger partial charge on any atom is 0.511 e. The first-order valence-corrected chi connectivity index (χ1v) is 23.9. The molecule has 0 spiro atoms. The standard InChI is InChI=1S/C45H54F2N9O13P/c1-5-40(30(2)67-44(60)69-31(3)68-42(58)22-51(4)41(57)25-66-70(61,62)63)56-43(59)55(29-50-56)36-9-7-34(8-10-36)52-16-18-53(19-17-52)35-11-13-37(14-12-35)64-23-32-21-45(65-24-32,26-54-28-48-27-49-54)38-15-6-33(46)20-39(38)47/h6-15,20,27-32,40H,5,16-19,21-26H2,1-4H3,(H2,61,62,63)/t30-,31?,32+,40-,45-/m0/s1. The second kappa shape index (κ2) is 22.4.